The molecule has 5 nitrogen and oxygen atoms in total. The van der Waals surface area contributed by atoms with Gasteiger partial charge in [0, 0.05) is 13.1 Å². The molecule has 0 bridgehead atoms. The largest absolute Gasteiger partial charge is 0.341 e. The second-order valence-corrected chi connectivity index (χ2v) is 7.45. The van der Waals surface area contributed by atoms with Gasteiger partial charge >= 0.3 is 0 Å². The maximum Gasteiger partial charge on any atom is 0.243 e. The van der Waals surface area contributed by atoms with E-state index in [1.54, 1.807) is 4.90 Å². The van der Waals surface area contributed by atoms with Crippen LogP contribution in [-0.4, -0.2) is 45.1 Å². The molecule has 0 atom stereocenters. The molecule has 1 fully saturated rings. The van der Waals surface area contributed by atoms with Crippen molar-refractivity contribution in [3.63, 3.8) is 0 Å². The van der Waals surface area contributed by atoms with E-state index in [1.165, 1.54) is 24.3 Å². The van der Waals surface area contributed by atoms with Gasteiger partial charge in [0.05, 0.1) is 11.9 Å². The Hall–Kier alpha value is -1.63. The third kappa shape index (κ3) is 4.43. The van der Waals surface area contributed by atoms with Crippen LogP contribution in [0.15, 0.2) is 24.3 Å². The highest BCUT2D eigenvalue weighted by atomic mass is 32.2. The number of likely N-dealkylation sites (tertiary alicyclic amines) is 1. The molecule has 0 unspecified atom stereocenters. The van der Waals surface area contributed by atoms with Gasteiger partial charge in [-0.25, -0.2) is 12.8 Å². The Kier molecular flexibility index (Phi) is 5.39. The fourth-order valence-electron chi connectivity index (χ4n) is 2.55. The van der Waals surface area contributed by atoms with E-state index >= 15 is 0 Å². The molecule has 0 radical (unpaired) electrons. The van der Waals surface area contributed by atoms with Gasteiger partial charge in [-0.2, -0.15) is 0 Å². The van der Waals surface area contributed by atoms with Gasteiger partial charge in [0.2, 0.25) is 15.9 Å². The summed E-state index contributed by atoms with van der Waals surface area (Å²) in [5.74, 6) is -0.660. The fourth-order valence-corrected chi connectivity index (χ4v) is 3.40. The lowest BCUT2D eigenvalue weighted by Crippen LogP contribution is -2.43. The fraction of sp³-hybridized carbons (Fsp3) is 0.533. The minimum absolute atomic E-state index is 0.211. The molecular weight excluding hydrogens is 307 g/mol. The van der Waals surface area contributed by atoms with Crippen LogP contribution in [0.4, 0.5) is 10.1 Å². The molecule has 1 aliphatic rings. The van der Waals surface area contributed by atoms with Crippen molar-refractivity contribution in [1.29, 1.82) is 0 Å². The van der Waals surface area contributed by atoms with Crippen LogP contribution in [0.25, 0.3) is 0 Å². The van der Waals surface area contributed by atoms with E-state index in [2.05, 4.69) is 0 Å². The Morgan fingerprint density at radius 1 is 1.14 bits per heavy atom. The van der Waals surface area contributed by atoms with Gasteiger partial charge < -0.3 is 4.90 Å². The summed E-state index contributed by atoms with van der Waals surface area (Å²) in [5.41, 5.74) is 0.298. The molecular formula is C15H21FN2O3S. The van der Waals surface area contributed by atoms with Gasteiger partial charge in [0.1, 0.15) is 12.4 Å². The monoisotopic (exact) mass is 328 g/mol. The predicted octanol–water partition coefficient (Wildman–Crippen LogP) is 1.99. The first kappa shape index (κ1) is 16.7. The number of hydrogen-bond donors (Lipinski definition) is 0. The summed E-state index contributed by atoms with van der Waals surface area (Å²) in [6.45, 7) is 1.09. The predicted molar refractivity (Wildman–Crippen MR) is 83.6 cm³/mol. The molecule has 1 aromatic rings. The molecule has 2 rings (SSSR count). The van der Waals surface area contributed by atoms with Crippen molar-refractivity contribution in [1.82, 2.24) is 4.90 Å². The molecule has 1 aromatic carbocycles. The van der Waals surface area contributed by atoms with Gasteiger partial charge in [-0.05, 0) is 37.1 Å². The molecule has 0 saturated carbocycles. The van der Waals surface area contributed by atoms with Crippen LogP contribution in [0.3, 0.4) is 0 Å². The third-order valence-corrected chi connectivity index (χ3v) is 4.89. The average Bonchev–Trinajstić information content (AvgIpc) is 2.73. The van der Waals surface area contributed by atoms with E-state index < -0.39 is 15.8 Å². The maximum absolute atomic E-state index is 13.0. The van der Waals surface area contributed by atoms with Crippen LogP contribution >= 0.6 is 0 Å². The number of carbonyl (C=O) groups is 1. The molecule has 1 amide bonds. The Morgan fingerprint density at radius 2 is 1.68 bits per heavy atom. The van der Waals surface area contributed by atoms with Crippen molar-refractivity contribution in [3.8, 4) is 0 Å². The number of amides is 1. The van der Waals surface area contributed by atoms with Crippen LogP contribution in [0.2, 0.25) is 0 Å². The van der Waals surface area contributed by atoms with Crippen LogP contribution < -0.4 is 4.31 Å². The topological polar surface area (TPSA) is 57.7 Å². The number of halogens is 1. The van der Waals surface area contributed by atoms with Crippen molar-refractivity contribution in [3.05, 3.63) is 30.1 Å². The summed E-state index contributed by atoms with van der Waals surface area (Å²) < 4.78 is 38.0. The molecule has 7 heteroatoms. The van der Waals surface area contributed by atoms with Crippen molar-refractivity contribution < 1.29 is 17.6 Å². The first-order valence-corrected chi connectivity index (χ1v) is 9.24. The first-order valence-electron chi connectivity index (χ1n) is 7.39. The Morgan fingerprint density at radius 3 is 2.18 bits per heavy atom. The summed E-state index contributed by atoms with van der Waals surface area (Å²) >= 11 is 0. The zero-order chi connectivity index (χ0) is 16.2. The minimum Gasteiger partial charge on any atom is -0.341 e. The highest BCUT2D eigenvalue weighted by molar-refractivity contribution is 7.92. The van der Waals surface area contributed by atoms with Crippen LogP contribution in [0, 0.1) is 5.82 Å². The van der Waals surface area contributed by atoms with Crippen LogP contribution in [0.5, 0.6) is 0 Å². The van der Waals surface area contributed by atoms with Crippen LogP contribution in [-0.2, 0) is 14.8 Å². The van der Waals surface area contributed by atoms with E-state index in [1.807, 2.05) is 0 Å². The Balaban J connectivity index is 2.16. The van der Waals surface area contributed by atoms with Gasteiger partial charge in [-0.3, -0.25) is 9.10 Å². The Labute approximate surface area is 130 Å². The lowest BCUT2D eigenvalue weighted by atomic mass is 10.2. The number of sulfonamides is 1. The highest BCUT2D eigenvalue weighted by Crippen LogP contribution is 2.19. The second-order valence-electron chi connectivity index (χ2n) is 5.54. The van der Waals surface area contributed by atoms with Gasteiger partial charge in [-0.1, -0.05) is 12.8 Å². The number of benzene rings is 1. The van der Waals surface area contributed by atoms with E-state index in [0.717, 1.165) is 36.2 Å². The maximum atomic E-state index is 13.0. The standard InChI is InChI=1S/C15H21FN2O3S/c1-22(20,21)18(14-8-6-13(16)7-9-14)12-15(19)17-10-4-2-3-5-11-17/h6-9H,2-5,10-12H2,1H3. The summed E-state index contributed by atoms with van der Waals surface area (Å²) in [5, 5.41) is 0. The van der Waals surface area contributed by atoms with Crippen molar-refractivity contribution in [2.24, 2.45) is 0 Å². The quantitative estimate of drug-likeness (QED) is 0.849. The Bertz CT molecular complexity index is 608. The molecule has 0 aliphatic carbocycles. The summed E-state index contributed by atoms with van der Waals surface area (Å²) in [4.78, 5) is 14.1. The zero-order valence-corrected chi connectivity index (χ0v) is 13.5. The molecule has 22 heavy (non-hydrogen) atoms. The van der Waals surface area contributed by atoms with Gasteiger partial charge in [-0.15, -0.1) is 0 Å². The highest BCUT2D eigenvalue weighted by Gasteiger charge is 2.24. The van der Waals surface area contributed by atoms with E-state index in [-0.39, 0.29) is 12.5 Å². The molecule has 122 valence electrons. The summed E-state index contributed by atoms with van der Waals surface area (Å²) in [6.07, 6.45) is 5.13. The van der Waals surface area contributed by atoms with Gasteiger partial charge in [0.25, 0.3) is 0 Å². The van der Waals surface area contributed by atoms with Crippen molar-refractivity contribution in [2.45, 2.75) is 25.7 Å². The first-order chi connectivity index (χ1) is 10.4. The minimum atomic E-state index is -3.61. The molecule has 0 aromatic heterocycles. The van der Waals surface area contributed by atoms with E-state index in [0.29, 0.717) is 18.8 Å². The molecule has 1 aliphatic heterocycles. The normalized spacial score (nSPS) is 16.2. The summed E-state index contributed by atoms with van der Waals surface area (Å²) in [6, 6.07) is 5.10. The third-order valence-electron chi connectivity index (χ3n) is 3.75. The number of rotatable bonds is 4. The zero-order valence-electron chi connectivity index (χ0n) is 12.7. The molecule has 1 saturated heterocycles. The SMILES string of the molecule is CS(=O)(=O)N(CC(=O)N1CCCCCC1)c1ccc(F)cc1. The lowest BCUT2D eigenvalue weighted by Gasteiger charge is -2.26. The van der Waals surface area contributed by atoms with Crippen molar-refractivity contribution in [2.75, 3.05) is 30.2 Å². The number of nitrogens with zero attached hydrogens (tertiary/aromatic N) is 2. The lowest BCUT2D eigenvalue weighted by molar-refractivity contribution is -0.129. The second kappa shape index (κ2) is 7.09. The average molecular weight is 328 g/mol. The van der Waals surface area contributed by atoms with Crippen molar-refractivity contribution >= 4 is 21.6 Å². The van der Waals surface area contributed by atoms with Gasteiger partial charge in [0.15, 0.2) is 0 Å². The number of hydrogen-bond acceptors (Lipinski definition) is 3. The van der Waals surface area contributed by atoms with E-state index in [9.17, 15) is 17.6 Å². The summed E-state index contributed by atoms with van der Waals surface area (Å²) in [7, 11) is -3.61. The number of anilines is 1. The molecule has 1 heterocycles. The van der Waals surface area contributed by atoms with E-state index in [4.69, 9.17) is 0 Å². The molecule has 0 spiro atoms. The smallest absolute Gasteiger partial charge is 0.243 e. The number of carbonyl (C=O) groups excluding carboxylic acids is 1. The molecule has 0 N–H and O–H groups in total. The van der Waals surface area contributed by atoms with Crippen LogP contribution in [0.1, 0.15) is 25.7 Å².